The molecule has 0 heterocycles. The van der Waals surface area contributed by atoms with Crippen LogP contribution in [-0.2, 0) is 0 Å². The molecule has 13 heavy (non-hydrogen) atoms. The molecule has 2 nitrogen and oxygen atoms in total. The molecule has 74 valence electrons. The maximum atomic E-state index is 9.39. The SMILES string of the molecule is CC(C)=CC=C1C[C@@H](O)C[C@H](O)C1. The van der Waals surface area contributed by atoms with Gasteiger partial charge >= 0.3 is 0 Å². The zero-order chi connectivity index (χ0) is 9.84. The zero-order valence-corrected chi connectivity index (χ0v) is 8.33. The minimum absolute atomic E-state index is 0.361. The lowest BCUT2D eigenvalue weighted by Crippen LogP contribution is -2.24. The Balaban J connectivity index is 2.59. The second-order valence-corrected chi connectivity index (χ2v) is 4.02. The van der Waals surface area contributed by atoms with Crippen molar-refractivity contribution < 1.29 is 10.2 Å². The van der Waals surface area contributed by atoms with Crippen molar-refractivity contribution in [1.29, 1.82) is 0 Å². The maximum Gasteiger partial charge on any atom is 0.0602 e. The Bertz CT molecular complexity index is 212. The second-order valence-electron chi connectivity index (χ2n) is 4.02. The molecule has 2 heteroatoms. The fourth-order valence-electron chi connectivity index (χ4n) is 1.59. The van der Waals surface area contributed by atoms with Gasteiger partial charge in [0.25, 0.3) is 0 Å². The van der Waals surface area contributed by atoms with Gasteiger partial charge in [0.2, 0.25) is 0 Å². The molecule has 0 aromatic carbocycles. The molecule has 1 saturated carbocycles. The Hall–Kier alpha value is -0.600. The van der Waals surface area contributed by atoms with Gasteiger partial charge in [-0.05, 0) is 33.1 Å². The van der Waals surface area contributed by atoms with Gasteiger partial charge in [-0.3, -0.25) is 0 Å². The van der Waals surface area contributed by atoms with E-state index in [0.717, 1.165) is 5.57 Å². The fraction of sp³-hybridized carbons (Fsp3) is 0.636. The van der Waals surface area contributed by atoms with Crippen molar-refractivity contribution >= 4 is 0 Å². The number of rotatable bonds is 1. The summed E-state index contributed by atoms with van der Waals surface area (Å²) in [6.45, 7) is 4.07. The summed E-state index contributed by atoms with van der Waals surface area (Å²) in [5.74, 6) is 0. The monoisotopic (exact) mass is 182 g/mol. The summed E-state index contributed by atoms with van der Waals surface area (Å²) in [4.78, 5) is 0. The molecular formula is C11H18O2. The van der Waals surface area contributed by atoms with Crippen molar-refractivity contribution in [2.75, 3.05) is 0 Å². The highest BCUT2D eigenvalue weighted by Crippen LogP contribution is 2.23. The zero-order valence-electron chi connectivity index (χ0n) is 8.33. The van der Waals surface area contributed by atoms with E-state index >= 15 is 0 Å². The second kappa shape index (κ2) is 4.58. The third-order valence-corrected chi connectivity index (χ3v) is 2.19. The highest BCUT2D eigenvalue weighted by molar-refractivity contribution is 5.18. The van der Waals surface area contributed by atoms with Gasteiger partial charge in [-0.25, -0.2) is 0 Å². The van der Waals surface area contributed by atoms with Crippen LogP contribution in [0.4, 0.5) is 0 Å². The molecule has 2 N–H and O–H groups in total. The Kier molecular flexibility index (Phi) is 3.70. The average Bonchev–Trinajstić information content (AvgIpc) is 1.99. The largest absolute Gasteiger partial charge is 0.393 e. The van der Waals surface area contributed by atoms with Crippen LogP contribution in [0.1, 0.15) is 33.1 Å². The summed E-state index contributed by atoms with van der Waals surface area (Å²) in [5, 5.41) is 18.8. The summed E-state index contributed by atoms with van der Waals surface area (Å²) in [5.41, 5.74) is 2.38. The Morgan fingerprint density at radius 1 is 1.23 bits per heavy atom. The summed E-state index contributed by atoms with van der Waals surface area (Å²) >= 11 is 0. The van der Waals surface area contributed by atoms with Crippen LogP contribution in [0.5, 0.6) is 0 Å². The minimum atomic E-state index is -0.361. The molecule has 0 spiro atoms. The van der Waals surface area contributed by atoms with Crippen molar-refractivity contribution in [3.8, 4) is 0 Å². The van der Waals surface area contributed by atoms with Crippen molar-refractivity contribution in [2.45, 2.75) is 45.3 Å². The van der Waals surface area contributed by atoms with Crippen LogP contribution in [-0.4, -0.2) is 22.4 Å². The molecule has 0 aliphatic heterocycles. The summed E-state index contributed by atoms with van der Waals surface area (Å²) in [7, 11) is 0. The molecule has 0 saturated heterocycles. The van der Waals surface area contributed by atoms with E-state index in [1.165, 1.54) is 5.57 Å². The molecular weight excluding hydrogens is 164 g/mol. The first-order chi connectivity index (χ1) is 6.08. The lowest BCUT2D eigenvalue weighted by molar-refractivity contribution is 0.0609. The van der Waals surface area contributed by atoms with E-state index < -0.39 is 0 Å². The van der Waals surface area contributed by atoms with E-state index in [-0.39, 0.29) is 12.2 Å². The van der Waals surface area contributed by atoms with Crippen molar-refractivity contribution in [2.24, 2.45) is 0 Å². The van der Waals surface area contributed by atoms with Gasteiger partial charge in [-0.1, -0.05) is 23.3 Å². The highest BCUT2D eigenvalue weighted by atomic mass is 16.3. The van der Waals surface area contributed by atoms with Crippen LogP contribution < -0.4 is 0 Å². The van der Waals surface area contributed by atoms with Gasteiger partial charge in [0, 0.05) is 0 Å². The highest BCUT2D eigenvalue weighted by Gasteiger charge is 2.20. The number of hydrogen-bond acceptors (Lipinski definition) is 2. The Morgan fingerprint density at radius 2 is 1.77 bits per heavy atom. The molecule has 0 unspecified atom stereocenters. The van der Waals surface area contributed by atoms with Gasteiger partial charge in [0.15, 0.2) is 0 Å². The number of aliphatic hydroxyl groups excluding tert-OH is 2. The number of allylic oxidation sites excluding steroid dienone is 3. The van der Waals surface area contributed by atoms with Gasteiger partial charge in [-0.15, -0.1) is 0 Å². The van der Waals surface area contributed by atoms with E-state index in [0.29, 0.717) is 19.3 Å². The van der Waals surface area contributed by atoms with Crippen LogP contribution in [0, 0.1) is 0 Å². The minimum Gasteiger partial charge on any atom is -0.393 e. The van der Waals surface area contributed by atoms with Crippen molar-refractivity contribution in [3.05, 3.63) is 23.3 Å². The Labute approximate surface area is 79.6 Å². The molecule has 0 bridgehead atoms. The third kappa shape index (κ3) is 3.75. The van der Waals surface area contributed by atoms with Crippen LogP contribution in [0.3, 0.4) is 0 Å². The summed E-state index contributed by atoms with van der Waals surface area (Å²) < 4.78 is 0. The van der Waals surface area contributed by atoms with Crippen molar-refractivity contribution in [1.82, 2.24) is 0 Å². The molecule has 1 fully saturated rings. The van der Waals surface area contributed by atoms with E-state index in [9.17, 15) is 10.2 Å². The molecule has 0 aromatic heterocycles. The van der Waals surface area contributed by atoms with Crippen LogP contribution in [0.15, 0.2) is 23.3 Å². The van der Waals surface area contributed by atoms with E-state index in [2.05, 4.69) is 0 Å². The number of aliphatic hydroxyl groups is 2. The van der Waals surface area contributed by atoms with Gasteiger partial charge < -0.3 is 10.2 Å². The topological polar surface area (TPSA) is 40.5 Å². The van der Waals surface area contributed by atoms with E-state index in [4.69, 9.17) is 0 Å². The van der Waals surface area contributed by atoms with Gasteiger partial charge in [0.05, 0.1) is 12.2 Å². The Morgan fingerprint density at radius 3 is 2.23 bits per heavy atom. The normalized spacial score (nSPS) is 28.5. The average molecular weight is 182 g/mol. The van der Waals surface area contributed by atoms with Gasteiger partial charge in [0.1, 0.15) is 0 Å². The summed E-state index contributed by atoms with van der Waals surface area (Å²) in [6, 6.07) is 0. The lowest BCUT2D eigenvalue weighted by Gasteiger charge is -2.24. The smallest absolute Gasteiger partial charge is 0.0602 e. The first kappa shape index (κ1) is 10.5. The molecule has 0 radical (unpaired) electrons. The molecule has 0 aromatic rings. The molecule has 0 amide bonds. The predicted octanol–water partition coefficient (Wildman–Crippen LogP) is 1.78. The molecule has 2 atom stereocenters. The fourth-order valence-corrected chi connectivity index (χ4v) is 1.59. The molecule has 1 aliphatic carbocycles. The van der Waals surface area contributed by atoms with Crippen LogP contribution in [0.2, 0.25) is 0 Å². The summed E-state index contributed by atoms with van der Waals surface area (Å²) in [6.07, 6.45) is 5.26. The standard InChI is InChI=1S/C11H18O2/c1-8(2)3-4-9-5-10(12)7-11(13)6-9/h3-4,10-13H,5-7H2,1-2H3/t10-,11-/m1/s1. The van der Waals surface area contributed by atoms with E-state index in [1.807, 2.05) is 26.0 Å². The first-order valence-electron chi connectivity index (χ1n) is 4.77. The van der Waals surface area contributed by atoms with Gasteiger partial charge in [-0.2, -0.15) is 0 Å². The molecule has 1 aliphatic rings. The molecule has 1 rings (SSSR count). The quantitative estimate of drug-likeness (QED) is 0.649. The maximum absolute atomic E-state index is 9.39. The lowest BCUT2D eigenvalue weighted by atomic mass is 9.90. The third-order valence-electron chi connectivity index (χ3n) is 2.19. The number of hydrogen-bond donors (Lipinski definition) is 2. The van der Waals surface area contributed by atoms with E-state index in [1.54, 1.807) is 0 Å². The predicted molar refractivity (Wildman–Crippen MR) is 53.4 cm³/mol. The first-order valence-corrected chi connectivity index (χ1v) is 4.77. The van der Waals surface area contributed by atoms with Crippen molar-refractivity contribution in [3.63, 3.8) is 0 Å². The van der Waals surface area contributed by atoms with Crippen LogP contribution >= 0.6 is 0 Å². The van der Waals surface area contributed by atoms with Crippen LogP contribution in [0.25, 0.3) is 0 Å².